The Balaban J connectivity index is 1.63. The van der Waals surface area contributed by atoms with Gasteiger partial charge in [-0.05, 0) is 55.8 Å². The molecule has 3 rings (SSSR count). The van der Waals surface area contributed by atoms with Gasteiger partial charge in [-0.2, -0.15) is 0 Å². The van der Waals surface area contributed by atoms with Crippen LogP contribution in [0.5, 0.6) is 0 Å². The third kappa shape index (κ3) is 2.94. The fourth-order valence-corrected chi connectivity index (χ4v) is 3.58. The molecule has 1 aromatic rings. The number of nitrogens with zero attached hydrogens (tertiary/aromatic N) is 1. The van der Waals surface area contributed by atoms with Gasteiger partial charge in [0.25, 0.3) is 0 Å². The molecule has 2 nitrogen and oxygen atoms in total. The highest BCUT2D eigenvalue weighted by Crippen LogP contribution is 2.29. The van der Waals surface area contributed by atoms with E-state index >= 15 is 0 Å². The van der Waals surface area contributed by atoms with Gasteiger partial charge in [-0.25, -0.2) is 0 Å². The molecule has 0 amide bonds. The zero-order chi connectivity index (χ0) is 13.2. The SMILES string of the molecule is CC(C)c1cccc(NC2CCN3CCCC3C2)c1. The molecule has 1 N–H and O–H groups in total. The zero-order valence-electron chi connectivity index (χ0n) is 12.2. The van der Waals surface area contributed by atoms with Crippen LogP contribution in [-0.4, -0.2) is 30.1 Å². The van der Waals surface area contributed by atoms with Crippen LogP contribution < -0.4 is 5.32 Å². The average molecular weight is 258 g/mol. The standard InChI is InChI=1S/C17H26N2/c1-13(2)14-5-3-6-15(11-14)18-16-8-10-19-9-4-7-17(19)12-16/h3,5-6,11,13,16-18H,4,7-10,12H2,1-2H3. The summed E-state index contributed by atoms with van der Waals surface area (Å²) in [5, 5.41) is 3.76. The van der Waals surface area contributed by atoms with E-state index in [0.717, 1.165) is 6.04 Å². The second-order valence-corrected chi connectivity index (χ2v) is 6.48. The van der Waals surface area contributed by atoms with Crippen molar-refractivity contribution in [3.63, 3.8) is 0 Å². The molecule has 2 saturated heterocycles. The van der Waals surface area contributed by atoms with Crippen molar-refractivity contribution >= 4 is 5.69 Å². The van der Waals surface area contributed by atoms with Crippen LogP contribution in [0, 0.1) is 0 Å². The number of hydrogen-bond donors (Lipinski definition) is 1. The first kappa shape index (κ1) is 13.0. The Kier molecular flexibility index (Phi) is 3.79. The van der Waals surface area contributed by atoms with E-state index in [2.05, 4.69) is 48.3 Å². The summed E-state index contributed by atoms with van der Waals surface area (Å²) in [7, 11) is 0. The lowest BCUT2D eigenvalue weighted by molar-refractivity contribution is 0.188. The Bertz CT molecular complexity index is 427. The minimum atomic E-state index is 0.610. The topological polar surface area (TPSA) is 15.3 Å². The molecule has 2 fully saturated rings. The number of nitrogens with one attached hydrogen (secondary N) is 1. The Morgan fingerprint density at radius 2 is 2.11 bits per heavy atom. The van der Waals surface area contributed by atoms with Crippen LogP contribution in [0.1, 0.15) is 51.0 Å². The van der Waals surface area contributed by atoms with Crippen LogP contribution in [0.4, 0.5) is 5.69 Å². The lowest BCUT2D eigenvalue weighted by atomic mass is 9.97. The third-order valence-electron chi connectivity index (χ3n) is 4.74. The molecule has 104 valence electrons. The summed E-state index contributed by atoms with van der Waals surface area (Å²) in [5.41, 5.74) is 2.74. The highest BCUT2D eigenvalue weighted by atomic mass is 15.2. The Morgan fingerprint density at radius 1 is 1.21 bits per heavy atom. The van der Waals surface area contributed by atoms with Gasteiger partial charge in [0.1, 0.15) is 0 Å². The molecule has 0 saturated carbocycles. The normalized spacial score (nSPS) is 27.5. The maximum absolute atomic E-state index is 3.76. The lowest BCUT2D eigenvalue weighted by Gasteiger charge is -2.35. The van der Waals surface area contributed by atoms with Crippen molar-refractivity contribution in [1.82, 2.24) is 4.90 Å². The highest BCUT2D eigenvalue weighted by Gasteiger charge is 2.31. The number of fused-ring (bicyclic) bond motifs is 1. The Morgan fingerprint density at radius 3 is 2.95 bits per heavy atom. The van der Waals surface area contributed by atoms with E-state index in [-0.39, 0.29) is 0 Å². The quantitative estimate of drug-likeness (QED) is 0.886. The van der Waals surface area contributed by atoms with E-state index in [1.54, 1.807) is 0 Å². The van der Waals surface area contributed by atoms with Gasteiger partial charge in [0, 0.05) is 24.3 Å². The van der Waals surface area contributed by atoms with Crippen molar-refractivity contribution in [2.24, 2.45) is 0 Å². The van der Waals surface area contributed by atoms with E-state index < -0.39 is 0 Å². The summed E-state index contributed by atoms with van der Waals surface area (Å²) in [6.07, 6.45) is 5.43. The Hall–Kier alpha value is -1.02. The van der Waals surface area contributed by atoms with Gasteiger partial charge in [0.15, 0.2) is 0 Å². The molecule has 2 heterocycles. The molecule has 2 unspecified atom stereocenters. The Labute approximate surface area is 117 Å². The number of rotatable bonds is 3. The van der Waals surface area contributed by atoms with Gasteiger partial charge in [0.2, 0.25) is 0 Å². The third-order valence-corrected chi connectivity index (χ3v) is 4.74. The molecule has 0 radical (unpaired) electrons. The van der Waals surface area contributed by atoms with Crippen LogP contribution in [0.15, 0.2) is 24.3 Å². The van der Waals surface area contributed by atoms with Crippen molar-refractivity contribution in [3.05, 3.63) is 29.8 Å². The van der Waals surface area contributed by atoms with Crippen LogP contribution >= 0.6 is 0 Å². The first-order chi connectivity index (χ1) is 9.22. The van der Waals surface area contributed by atoms with Gasteiger partial charge >= 0.3 is 0 Å². The molecule has 19 heavy (non-hydrogen) atoms. The summed E-state index contributed by atoms with van der Waals surface area (Å²) >= 11 is 0. The molecule has 0 spiro atoms. The van der Waals surface area contributed by atoms with Crippen molar-refractivity contribution in [1.29, 1.82) is 0 Å². The van der Waals surface area contributed by atoms with Gasteiger partial charge in [-0.1, -0.05) is 26.0 Å². The molecule has 1 aromatic carbocycles. The molecule has 2 atom stereocenters. The molecular weight excluding hydrogens is 232 g/mol. The molecule has 0 bridgehead atoms. The van der Waals surface area contributed by atoms with E-state index in [1.165, 1.54) is 50.0 Å². The number of piperidine rings is 1. The van der Waals surface area contributed by atoms with Crippen LogP contribution in [-0.2, 0) is 0 Å². The second kappa shape index (κ2) is 5.54. The second-order valence-electron chi connectivity index (χ2n) is 6.48. The van der Waals surface area contributed by atoms with E-state index in [0.29, 0.717) is 12.0 Å². The molecule has 2 aliphatic rings. The van der Waals surface area contributed by atoms with Crippen molar-refractivity contribution in [2.45, 2.75) is 57.5 Å². The van der Waals surface area contributed by atoms with Crippen molar-refractivity contribution in [3.8, 4) is 0 Å². The molecule has 2 heteroatoms. The first-order valence-corrected chi connectivity index (χ1v) is 7.83. The molecule has 0 aliphatic carbocycles. The summed E-state index contributed by atoms with van der Waals surface area (Å²) in [6, 6.07) is 10.5. The summed E-state index contributed by atoms with van der Waals surface area (Å²) in [4.78, 5) is 2.68. The fourth-order valence-electron chi connectivity index (χ4n) is 3.58. The van der Waals surface area contributed by atoms with Crippen LogP contribution in [0.3, 0.4) is 0 Å². The van der Waals surface area contributed by atoms with Crippen LogP contribution in [0.2, 0.25) is 0 Å². The van der Waals surface area contributed by atoms with Gasteiger partial charge < -0.3 is 10.2 Å². The van der Waals surface area contributed by atoms with Gasteiger partial charge in [0.05, 0.1) is 0 Å². The van der Waals surface area contributed by atoms with E-state index in [1.807, 2.05) is 0 Å². The van der Waals surface area contributed by atoms with Crippen molar-refractivity contribution in [2.75, 3.05) is 18.4 Å². The minimum absolute atomic E-state index is 0.610. The summed E-state index contributed by atoms with van der Waals surface area (Å²) in [6.45, 7) is 7.14. The summed E-state index contributed by atoms with van der Waals surface area (Å²) < 4.78 is 0. The molecule has 0 aromatic heterocycles. The maximum Gasteiger partial charge on any atom is 0.0345 e. The highest BCUT2D eigenvalue weighted by molar-refractivity contribution is 5.47. The smallest absolute Gasteiger partial charge is 0.0345 e. The summed E-state index contributed by atoms with van der Waals surface area (Å²) in [5.74, 6) is 0.610. The fraction of sp³-hybridized carbons (Fsp3) is 0.647. The number of hydrogen-bond acceptors (Lipinski definition) is 2. The van der Waals surface area contributed by atoms with Crippen LogP contribution in [0.25, 0.3) is 0 Å². The number of benzene rings is 1. The monoisotopic (exact) mass is 258 g/mol. The van der Waals surface area contributed by atoms with Crippen molar-refractivity contribution < 1.29 is 0 Å². The average Bonchev–Trinajstić information content (AvgIpc) is 2.86. The first-order valence-electron chi connectivity index (χ1n) is 7.83. The molecular formula is C17H26N2. The van der Waals surface area contributed by atoms with E-state index in [9.17, 15) is 0 Å². The molecule has 2 aliphatic heterocycles. The predicted octanol–water partition coefficient (Wildman–Crippen LogP) is 3.85. The van der Waals surface area contributed by atoms with Gasteiger partial charge in [-0.15, -0.1) is 0 Å². The van der Waals surface area contributed by atoms with E-state index in [4.69, 9.17) is 0 Å². The number of anilines is 1. The minimum Gasteiger partial charge on any atom is -0.382 e. The maximum atomic E-state index is 3.76. The van der Waals surface area contributed by atoms with Gasteiger partial charge in [-0.3, -0.25) is 0 Å². The largest absolute Gasteiger partial charge is 0.382 e. The zero-order valence-corrected chi connectivity index (χ0v) is 12.2. The predicted molar refractivity (Wildman–Crippen MR) is 81.8 cm³/mol. The lowest BCUT2D eigenvalue weighted by Crippen LogP contribution is -2.42.